The zero-order valence-electron chi connectivity index (χ0n) is 16.8. The second-order valence-corrected chi connectivity index (χ2v) is 7.72. The highest BCUT2D eigenvalue weighted by molar-refractivity contribution is 5.53. The number of rotatable bonds is 8. The molecule has 1 saturated carbocycles. The zero-order chi connectivity index (χ0) is 20.1. The normalized spacial score (nSPS) is 20.1. The molecule has 2 N–H and O–H groups in total. The third-order valence-electron chi connectivity index (χ3n) is 5.43. The van der Waals surface area contributed by atoms with Crippen molar-refractivity contribution in [2.75, 3.05) is 11.9 Å². The summed E-state index contributed by atoms with van der Waals surface area (Å²) < 4.78 is 5.45. The Morgan fingerprint density at radius 1 is 1.32 bits per heavy atom. The molecule has 0 spiro atoms. The number of aryl methyl sites for hydroxylation is 2. The van der Waals surface area contributed by atoms with Gasteiger partial charge >= 0.3 is 0 Å². The van der Waals surface area contributed by atoms with Crippen molar-refractivity contribution in [2.45, 2.75) is 58.6 Å². The van der Waals surface area contributed by atoms with Crippen LogP contribution >= 0.6 is 0 Å². The first-order valence-corrected chi connectivity index (χ1v) is 9.80. The van der Waals surface area contributed by atoms with Crippen LogP contribution in [0, 0.1) is 17.8 Å². The van der Waals surface area contributed by atoms with Crippen LogP contribution in [-0.2, 0) is 12.8 Å². The van der Waals surface area contributed by atoms with Crippen molar-refractivity contribution in [1.82, 2.24) is 15.0 Å². The fraction of sp³-hybridized carbons (Fsp3) is 0.500. The molecule has 148 valence electrons. The number of aliphatic hydroxyl groups excluding tert-OH is 1. The number of nitrogens with one attached hydrogen (secondary N) is 1. The van der Waals surface area contributed by atoms with Crippen LogP contribution in [0.1, 0.15) is 50.7 Å². The molecular weight excluding hydrogens is 352 g/mol. The molecule has 3 rings (SSSR count). The molecule has 0 amide bonds. The number of ether oxygens (including phenoxy) is 1. The van der Waals surface area contributed by atoms with Crippen molar-refractivity contribution in [3.63, 3.8) is 0 Å². The van der Waals surface area contributed by atoms with Gasteiger partial charge in [-0.2, -0.15) is 0 Å². The van der Waals surface area contributed by atoms with E-state index in [0.717, 1.165) is 30.8 Å². The number of aliphatic hydroxyl groups is 1. The van der Waals surface area contributed by atoms with Gasteiger partial charge in [0.1, 0.15) is 11.6 Å². The van der Waals surface area contributed by atoms with Gasteiger partial charge in [0.2, 0.25) is 5.88 Å². The molecule has 0 bridgehead atoms. The first-order chi connectivity index (χ1) is 13.4. The number of hydrogen-bond donors (Lipinski definition) is 2. The van der Waals surface area contributed by atoms with Crippen LogP contribution in [-0.4, -0.2) is 38.8 Å². The molecule has 0 aromatic carbocycles. The average Bonchev–Trinajstić information content (AvgIpc) is 2.68. The minimum atomic E-state index is -0.305. The van der Waals surface area contributed by atoms with E-state index in [1.807, 2.05) is 39.0 Å². The maximum Gasteiger partial charge on any atom is 0.213 e. The largest absolute Gasteiger partial charge is 0.478 e. The number of nitrogens with zero attached hydrogens (tertiary/aromatic N) is 3. The second kappa shape index (κ2) is 8.57. The van der Waals surface area contributed by atoms with Crippen molar-refractivity contribution in [2.24, 2.45) is 5.41 Å². The molecule has 2 aromatic heterocycles. The van der Waals surface area contributed by atoms with E-state index in [1.54, 1.807) is 6.20 Å². The van der Waals surface area contributed by atoms with E-state index in [9.17, 15) is 5.11 Å². The Labute approximate surface area is 166 Å². The van der Waals surface area contributed by atoms with Gasteiger partial charge in [-0.1, -0.05) is 25.8 Å². The molecule has 6 nitrogen and oxygen atoms in total. The molecule has 1 aliphatic carbocycles. The molecule has 1 fully saturated rings. The van der Waals surface area contributed by atoms with Crippen LogP contribution in [0.15, 0.2) is 24.4 Å². The van der Waals surface area contributed by atoms with Crippen LogP contribution in [0.4, 0.5) is 5.82 Å². The Kier molecular flexibility index (Phi) is 6.15. The van der Waals surface area contributed by atoms with Crippen LogP contribution in [0.3, 0.4) is 0 Å². The number of pyridine rings is 1. The maximum absolute atomic E-state index is 9.95. The van der Waals surface area contributed by atoms with E-state index in [2.05, 4.69) is 26.2 Å². The van der Waals surface area contributed by atoms with E-state index >= 15 is 0 Å². The molecular formula is C22H28N4O2. The summed E-state index contributed by atoms with van der Waals surface area (Å²) in [6.45, 7) is 6.64. The monoisotopic (exact) mass is 380 g/mol. The lowest BCUT2D eigenvalue weighted by atomic mass is 9.64. The van der Waals surface area contributed by atoms with E-state index in [4.69, 9.17) is 11.2 Å². The summed E-state index contributed by atoms with van der Waals surface area (Å²) in [4.78, 5) is 13.5. The fourth-order valence-electron chi connectivity index (χ4n) is 3.32. The quantitative estimate of drug-likeness (QED) is 0.686. The smallest absolute Gasteiger partial charge is 0.213 e. The van der Waals surface area contributed by atoms with Crippen LogP contribution in [0.2, 0.25) is 0 Å². The predicted octanol–water partition coefficient (Wildman–Crippen LogP) is 3.00. The fourth-order valence-corrected chi connectivity index (χ4v) is 3.32. The molecule has 0 saturated heterocycles. The first-order valence-electron chi connectivity index (χ1n) is 9.80. The first kappa shape index (κ1) is 20.1. The molecule has 2 atom stereocenters. The topological polar surface area (TPSA) is 80.2 Å². The highest BCUT2D eigenvalue weighted by Crippen LogP contribution is 2.42. The molecule has 2 aromatic rings. The minimum Gasteiger partial charge on any atom is -0.478 e. The highest BCUT2D eigenvalue weighted by Gasteiger charge is 2.47. The number of aromatic nitrogens is 3. The van der Waals surface area contributed by atoms with Crippen molar-refractivity contribution in [1.29, 1.82) is 0 Å². The van der Waals surface area contributed by atoms with Crippen LogP contribution in [0.25, 0.3) is 0 Å². The number of anilines is 1. The van der Waals surface area contributed by atoms with Crippen LogP contribution in [0.5, 0.6) is 5.88 Å². The summed E-state index contributed by atoms with van der Waals surface area (Å²) in [6.07, 6.45) is 10.1. The highest BCUT2D eigenvalue weighted by atomic mass is 16.5. The molecule has 0 radical (unpaired) electrons. The van der Waals surface area contributed by atoms with Gasteiger partial charge in [0.25, 0.3) is 0 Å². The number of terminal acetylenes is 1. The van der Waals surface area contributed by atoms with Crippen molar-refractivity contribution in [3.05, 3.63) is 41.5 Å². The van der Waals surface area contributed by atoms with E-state index in [0.29, 0.717) is 30.3 Å². The molecule has 28 heavy (non-hydrogen) atoms. The molecule has 6 heteroatoms. The summed E-state index contributed by atoms with van der Waals surface area (Å²) in [6, 6.07) is 5.97. The van der Waals surface area contributed by atoms with Crippen molar-refractivity contribution in [3.8, 4) is 18.2 Å². The third-order valence-corrected chi connectivity index (χ3v) is 5.43. The maximum atomic E-state index is 9.95. The van der Waals surface area contributed by atoms with Crippen LogP contribution < -0.4 is 10.1 Å². The Morgan fingerprint density at radius 3 is 2.82 bits per heavy atom. The Morgan fingerprint density at radius 2 is 2.14 bits per heavy atom. The van der Waals surface area contributed by atoms with Gasteiger partial charge in [0.15, 0.2) is 0 Å². The molecule has 1 aliphatic rings. The van der Waals surface area contributed by atoms with Gasteiger partial charge < -0.3 is 15.2 Å². The van der Waals surface area contributed by atoms with E-state index < -0.39 is 0 Å². The second-order valence-electron chi connectivity index (χ2n) is 7.72. The summed E-state index contributed by atoms with van der Waals surface area (Å²) in [5.41, 5.74) is 1.44. The van der Waals surface area contributed by atoms with Gasteiger partial charge in [-0.25, -0.2) is 15.0 Å². The Hall–Kier alpha value is -2.65. The third kappa shape index (κ3) is 4.42. The lowest BCUT2D eigenvalue weighted by Crippen LogP contribution is -2.57. The minimum absolute atomic E-state index is 0.142. The zero-order valence-corrected chi connectivity index (χ0v) is 16.8. The molecule has 2 heterocycles. The molecule has 0 aliphatic heterocycles. The molecule has 0 unspecified atom stereocenters. The van der Waals surface area contributed by atoms with Gasteiger partial charge in [-0.05, 0) is 32.3 Å². The summed E-state index contributed by atoms with van der Waals surface area (Å²) in [5.74, 6) is 4.72. The standard InChI is InChI=1S/C22H28N4O2/c1-5-15-14-23-19(26-21(15)25-17-13-18(27)22(17,3)4)11-7-9-16-10-8-12-20(24-16)28-6-2/h1,8,10,12,14,17-18,27H,6-7,9,11,13H2,2-4H3,(H,23,25,26)/t17-,18+/m1/s1. The van der Waals surface area contributed by atoms with Gasteiger partial charge in [0, 0.05) is 35.8 Å². The van der Waals surface area contributed by atoms with E-state index in [-0.39, 0.29) is 17.6 Å². The Bertz CT molecular complexity index is 860. The van der Waals surface area contributed by atoms with Gasteiger partial charge in [0.05, 0.1) is 18.3 Å². The van der Waals surface area contributed by atoms with Crippen molar-refractivity contribution >= 4 is 5.82 Å². The van der Waals surface area contributed by atoms with Gasteiger partial charge in [-0.3, -0.25) is 0 Å². The lowest BCUT2D eigenvalue weighted by Gasteiger charge is -2.49. The summed E-state index contributed by atoms with van der Waals surface area (Å²) in [5, 5.41) is 13.4. The average molecular weight is 380 g/mol. The van der Waals surface area contributed by atoms with E-state index in [1.165, 1.54) is 0 Å². The number of hydrogen-bond acceptors (Lipinski definition) is 6. The predicted molar refractivity (Wildman–Crippen MR) is 109 cm³/mol. The SMILES string of the molecule is C#Cc1cnc(CCCc2cccc(OCC)n2)nc1N[C@@H]1C[C@H](O)C1(C)C. The van der Waals surface area contributed by atoms with Gasteiger partial charge in [-0.15, -0.1) is 6.42 Å². The lowest BCUT2D eigenvalue weighted by molar-refractivity contribution is -0.0511. The summed E-state index contributed by atoms with van der Waals surface area (Å²) in [7, 11) is 0. The van der Waals surface area contributed by atoms with Crippen molar-refractivity contribution < 1.29 is 9.84 Å². The Balaban J connectivity index is 1.62. The summed E-state index contributed by atoms with van der Waals surface area (Å²) >= 11 is 0.